The summed E-state index contributed by atoms with van der Waals surface area (Å²) in [6, 6.07) is 3.72. The zero-order valence-corrected chi connectivity index (χ0v) is 12.5. The Balaban J connectivity index is 3.02. The third-order valence-corrected chi connectivity index (χ3v) is 5.23. The fraction of sp³-hybridized carbons (Fsp3) is 0.538. The van der Waals surface area contributed by atoms with Crippen LogP contribution in [0.3, 0.4) is 0 Å². The van der Waals surface area contributed by atoms with E-state index in [4.69, 9.17) is 5.73 Å². The van der Waals surface area contributed by atoms with Crippen molar-refractivity contribution >= 4 is 15.7 Å². The quantitative estimate of drug-likeness (QED) is 0.665. The fourth-order valence-electron chi connectivity index (χ4n) is 1.91. The van der Waals surface area contributed by atoms with Gasteiger partial charge in [0.05, 0.1) is 5.69 Å². The van der Waals surface area contributed by atoms with E-state index in [1.54, 1.807) is 0 Å². The summed E-state index contributed by atoms with van der Waals surface area (Å²) in [5.74, 6) is -0.889. The van der Waals surface area contributed by atoms with Gasteiger partial charge in [-0.1, -0.05) is 19.9 Å². The first kappa shape index (κ1) is 16.9. The molecule has 0 aromatic heterocycles. The Labute approximate surface area is 119 Å². The SMILES string of the molecule is CCC(CC)(CO)CNS(=O)(=O)c1c(N)cccc1F. The Morgan fingerprint density at radius 3 is 2.40 bits per heavy atom. The van der Waals surface area contributed by atoms with Gasteiger partial charge in [-0.2, -0.15) is 0 Å². The molecule has 0 bridgehead atoms. The molecule has 0 heterocycles. The second kappa shape index (κ2) is 6.51. The van der Waals surface area contributed by atoms with Crippen LogP contribution < -0.4 is 10.5 Å². The molecule has 5 nitrogen and oxygen atoms in total. The maximum absolute atomic E-state index is 13.7. The monoisotopic (exact) mass is 304 g/mol. The number of nitrogens with one attached hydrogen (secondary N) is 1. The van der Waals surface area contributed by atoms with Crippen LogP contribution in [0.1, 0.15) is 26.7 Å². The molecule has 114 valence electrons. The summed E-state index contributed by atoms with van der Waals surface area (Å²) in [4.78, 5) is -0.543. The van der Waals surface area contributed by atoms with Gasteiger partial charge in [0.1, 0.15) is 10.7 Å². The largest absolute Gasteiger partial charge is 0.398 e. The molecule has 20 heavy (non-hydrogen) atoms. The maximum Gasteiger partial charge on any atom is 0.245 e. The Hall–Kier alpha value is -1.18. The van der Waals surface area contributed by atoms with E-state index in [9.17, 15) is 17.9 Å². The van der Waals surface area contributed by atoms with Gasteiger partial charge in [0.2, 0.25) is 10.0 Å². The van der Waals surface area contributed by atoms with E-state index in [0.29, 0.717) is 12.8 Å². The molecule has 4 N–H and O–H groups in total. The Bertz CT molecular complexity index is 528. The van der Waals surface area contributed by atoms with E-state index in [0.717, 1.165) is 6.07 Å². The summed E-state index contributed by atoms with van der Waals surface area (Å²) in [5, 5.41) is 9.42. The number of nitrogens with two attached hydrogens (primary N) is 1. The molecule has 1 aromatic carbocycles. The van der Waals surface area contributed by atoms with E-state index >= 15 is 0 Å². The second-order valence-electron chi connectivity index (χ2n) is 4.85. The first-order valence-corrected chi connectivity index (χ1v) is 7.94. The predicted molar refractivity (Wildman–Crippen MR) is 76.1 cm³/mol. The van der Waals surface area contributed by atoms with E-state index in [1.807, 2.05) is 13.8 Å². The van der Waals surface area contributed by atoms with Gasteiger partial charge in [-0.15, -0.1) is 0 Å². The second-order valence-corrected chi connectivity index (χ2v) is 6.55. The highest BCUT2D eigenvalue weighted by molar-refractivity contribution is 7.89. The molecule has 0 aliphatic carbocycles. The van der Waals surface area contributed by atoms with Crippen LogP contribution in [0.5, 0.6) is 0 Å². The standard InChI is InChI=1S/C13H21FN2O3S/c1-3-13(4-2,9-17)8-16-20(18,19)12-10(14)6-5-7-11(12)15/h5-7,16-17H,3-4,8-9,15H2,1-2H3. The van der Waals surface area contributed by atoms with Crippen LogP contribution in [0.2, 0.25) is 0 Å². The van der Waals surface area contributed by atoms with Crippen LogP contribution in [0.25, 0.3) is 0 Å². The van der Waals surface area contributed by atoms with E-state index in [1.165, 1.54) is 12.1 Å². The minimum atomic E-state index is -4.05. The topological polar surface area (TPSA) is 92.4 Å². The van der Waals surface area contributed by atoms with Crippen molar-refractivity contribution < 1.29 is 17.9 Å². The molecule has 0 atom stereocenters. The number of aliphatic hydroxyl groups excluding tert-OH is 1. The summed E-state index contributed by atoms with van der Waals surface area (Å²) in [6.07, 6.45) is 1.21. The summed E-state index contributed by atoms with van der Waals surface area (Å²) in [6.45, 7) is 3.62. The van der Waals surface area contributed by atoms with Gasteiger partial charge in [0.15, 0.2) is 0 Å². The number of aliphatic hydroxyl groups is 1. The Morgan fingerprint density at radius 2 is 1.95 bits per heavy atom. The van der Waals surface area contributed by atoms with Gasteiger partial charge in [-0.25, -0.2) is 17.5 Å². The fourth-order valence-corrected chi connectivity index (χ4v) is 3.25. The first-order valence-electron chi connectivity index (χ1n) is 6.46. The summed E-state index contributed by atoms with van der Waals surface area (Å²) >= 11 is 0. The van der Waals surface area contributed by atoms with Gasteiger partial charge in [0, 0.05) is 18.6 Å². The van der Waals surface area contributed by atoms with Gasteiger partial charge in [-0.05, 0) is 25.0 Å². The minimum absolute atomic E-state index is 0.0343. The van der Waals surface area contributed by atoms with Crippen molar-refractivity contribution in [1.82, 2.24) is 4.72 Å². The molecule has 0 unspecified atom stereocenters. The zero-order valence-electron chi connectivity index (χ0n) is 11.7. The van der Waals surface area contributed by atoms with Crippen molar-refractivity contribution in [2.75, 3.05) is 18.9 Å². The van der Waals surface area contributed by atoms with E-state index < -0.39 is 26.2 Å². The number of rotatable bonds is 7. The average Bonchev–Trinajstić information content (AvgIpc) is 2.40. The molecular formula is C13H21FN2O3S. The summed E-state index contributed by atoms with van der Waals surface area (Å²) in [5.41, 5.74) is 4.85. The molecule has 1 rings (SSSR count). The molecule has 0 saturated heterocycles. The first-order chi connectivity index (χ1) is 9.32. The zero-order chi connectivity index (χ0) is 15.4. The number of nitrogen functional groups attached to an aromatic ring is 1. The van der Waals surface area contributed by atoms with Crippen LogP contribution in [-0.4, -0.2) is 26.7 Å². The van der Waals surface area contributed by atoms with Crippen molar-refractivity contribution in [1.29, 1.82) is 0 Å². The summed E-state index contributed by atoms with van der Waals surface area (Å²) in [7, 11) is -4.05. The third-order valence-electron chi connectivity index (χ3n) is 3.74. The van der Waals surface area contributed by atoms with Crippen molar-refractivity contribution in [3.05, 3.63) is 24.0 Å². The molecule has 0 aliphatic rings. The molecule has 7 heteroatoms. The van der Waals surface area contributed by atoms with Gasteiger partial charge < -0.3 is 10.8 Å². The maximum atomic E-state index is 13.7. The summed E-state index contributed by atoms with van der Waals surface area (Å²) < 4.78 is 40.3. The highest BCUT2D eigenvalue weighted by Gasteiger charge is 2.29. The van der Waals surface area contributed by atoms with E-state index in [-0.39, 0.29) is 18.8 Å². The molecule has 0 radical (unpaired) electrons. The minimum Gasteiger partial charge on any atom is -0.398 e. The Morgan fingerprint density at radius 1 is 1.35 bits per heavy atom. The Kier molecular flexibility index (Phi) is 5.50. The van der Waals surface area contributed by atoms with Crippen molar-refractivity contribution in [2.45, 2.75) is 31.6 Å². The van der Waals surface area contributed by atoms with Crippen LogP contribution in [0.15, 0.2) is 23.1 Å². The van der Waals surface area contributed by atoms with Crippen LogP contribution in [0.4, 0.5) is 10.1 Å². The number of hydrogen-bond donors (Lipinski definition) is 3. The molecule has 0 aliphatic heterocycles. The highest BCUT2D eigenvalue weighted by Crippen LogP contribution is 2.26. The third kappa shape index (κ3) is 3.47. The number of benzene rings is 1. The van der Waals surface area contributed by atoms with E-state index in [2.05, 4.69) is 4.72 Å². The lowest BCUT2D eigenvalue weighted by Crippen LogP contribution is -2.39. The lowest BCUT2D eigenvalue weighted by molar-refractivity contribution is 0.119. The smallest absolute Gasteiger partial charge is 0.245 e. The van der Waals surface area contributed by atoms with Crippen LogP contribution >= 0.6 is 0 Å². The van der Waals surface area contributed by atoms with Gasteiger partial charge in [-0.3, -0.25) is 0 Å². The van der Waals surface area contributed by atoms with Crippen molar-refractivity contribution in [2.24, 2.45) is 5.41 Å². The van der Waals surface area contributed by atoms with Crippen LogP contribution in [0, 0.1) is 11.2 Å². The number of hydrogen-bond acceptors (Lipinski definition) is 4. The number of sulfonamides is 1. The number of halogens is 1. The average molecular weight is 304 g/mol. The predicted octanol–water partition coefficient (Wildman–Crippen LogP) is 1.48. The molecule has 1 aromatic rings. The molecule has 0 fully saturated rings. The highest BCUT2D eigenvalue weighted by atomic mass is 32.2. The molecule has 0 spiro atoms. The van der Waals surface area contributed by atoms with Crippen molar-refractivity contribution in [3.63, 3.8) is 0 Å². The lowest BCUT2D eigenvalue weighted by Gasteiger charge is -2.29. The molecule has 0 saturated carbocycles. The van der Waals surface area contributed by atoms with Gasteiger partial charge >= 0.3 is 0 Å². The molecule has 0 amide bonds. The van der Waals surface area contributed by atoms with Crippen molar-refractivity contribution in [3.8, 4) is 0 Å². The van der Waals surface area contributed by atoms with Crippen LogP contribution in [-0.2, 0) is 10.0 Å². The normalized spacial score (nSPS) is 12.6. The molecular weight excluding hydrogens is 283 g/mol. The lowest BCUT2D eigenvalue weighted by atomic mass is 9.84. The van der Waals surface area contributed by atoms with Gasteiger partial charge in [0.25, 0.3) is 0 Å². The number of anilines is 1.